The molecule has 1 aromatic rings. The lowest BCUT2D eigenvalue weighted by Gasteiger charge is -2.34. The molecule has 0 amide bonds. The molecule has 0 heterocycles. The van der Waals surface area contributed by atoms with E-state index in [0.717, 1.165) is 24.3 Å². The number of benzene rings is 1. The van der Waals surface area contributed by atoms with E-state index in [1.54, 1.807) is 0 Å². The van der Waals surface area contributed by atoms with Gasteiger partial charge in [0.15, 0.2) is 0 Å². The average Bonchev–Trinajstić information content (AvgIpc) is 2.79. The number of hydrogen-bond acceptors (Lipinski definition) is 4. The lowest BCUT2D eigenvalue weighted by Crippen LogP contribution is -2.47. The number of carbonyl (C=O) groups is 2. The molecular formula is C24H44N2O4. The monoisotopic (exact) mass is 424 g/mol. The molecule has 0 aliphatic carbocycles. The number of carboxylic acids is 2. The number of carboxylic acid groups (broad SMARTS) is 2. The Morgan fingerprint density at radius 1 is 0.533 bits per heavy atom. The van der Waals surface area contributed by atoms with E-state index >= 15 is 0 Å². The van der Waals surface area contributed by atoms with Gasteiger partial charge in [0, 0.05) is 0 Å². The van der Waals surface area contributed by atoms with Gasteiger partial charge < -0.3 is 28.8 Å². The van der Waals surface area contributed by atoms with Crippen LogP contribution in [0.2, 0.25) is 0 Å². The lowest BCUT2D eigenvalue weighted by molar-refractivity contribution is -0.921. The van der Waals surface area contributed by atoms with Crippen molar-refractivity contribution in [1.82, 2.24) is 0 Å². The van der Waals surface area contributed by atoms with Crippen LogP contribution in [0.25, 0.3) is 0 Å². The van der Waals surface area contributed by atoms with Crippen molar-refractivity contribution in [3.05, 3.63) is 35.4 Å². The number of quaternary nitrogens is 2. The minimum absolute atomic E-state index is 0.0556. The van der Waals surface area contributed by atoms with E-state index in [2.05, 4.69) is 55.4 Å². The maximum atomic E-state index is 10.2. The van der Waals surface area contributed by atoms with Crippen molar-refractivity contribution >= 4 is 11.9 Å². The van der Waals surface area contributed by atoms with Gasteiger partial charge in [0.25, 0.3) is 0 Å². The Kier molecular flexibility index (Phi) is 16.0. The van der Waals surface area contributed by atoms with Crippen LogP contribution in [0.3, 0.4) is 0 Å². The van der Waals surface area contributed by atoms with E-state index in [9.17, 15) is 19.8 Å². The number of nitrogens with zero attached hydrogens (tertiary/aromatic N) is 2. The first-order valence-electron chi connectivity index (χ1n) is 11.3. The van der Waals surface area contributed by atoms with Gasteiger partial charge in [0.2, 0.25) is 0 Å². The summed E-state index contributed by atoms with van der Waals surface area (Å²) in [4.78, 5) is 20.4. The topological polar surface area (TPSA) is 80.3 Å². The standard InChI is InChI=1S/2C8H20N.C8H6O4/c2*1-5-9(6-2,7-3)8-4;9-7(10)5-1-2-6(4-3-5)8(11)12/h2*5-8H2,1-4H3;1-4H,(H,9,10)(H,11,12)/q2*+1;/p-2. The van der Waals surface area contributed by atoms with E-state index < -0.39 is 11.9 Å². The fourth-order valence-corrected chi connectivity index (χ4v) is 3.43. The third kappa shape index (κ3) is 10.2. The van der Waals surface area contributed by atoms with Crippen LogP contribution in [0, 0.1) is 0 Å². The average molecular weight is 425 g/mol. The molecule has 0 atom stereocenters. The van der Waals surface area contributed by atoms with Gasteiger partial charge in [-0.2, -0.15) is 0 Å². The zero-order valence-corrected chi connectivity index (χ0v) is 20.5. The summed E-state index contributed by atoms with van der Waals surface area (Å²) in [5.41, 5.74) is -0.111. The zero-order chi connectivity index (χ0) is 23.8. The summed E-state index contributed by atoms with van der Waals surface area (Å²) in [5.74, 6) is -2.67. The summed E-state index contributed by atoms with van der Waals surface area (Å²) in [6.45, 7) is 28.4. The highest BCUT2D eigenvalue weighted by Crippen LogP contribution is 2.04. The van der Waals surface area contributed by atoms with Gasteiger partial charge >= 0.3 is 0 Å². The molecule has 30 heavy (non-hydrogen) atoms. The molecule has 174 valence electrons. The fraction of sp³-hybridized carbons (Fsp3) is 0.667. The molecule has 1 aromatic carbocycles. The summed E-state index contributed by atoms with van der Waals surface area (Å²) in [7, 11) is 0. The highest BCUT2D eigenvalue weighted by atomic mass is 16.4. The lowest BCUT2D eigenvalue weighted by atomic mass is 10.1. The second-order valence-electron chi connectivity index (χ2n) is 7.37. The van der Waals surface area contributed by atoms with Crippen LogP contribution >= 0.6 is 0 Å². The molecule has 0 spiro atoms. The summed E-state index contributed by atoms with van der Waals surface area (Å²) >= 11 is 0. The van der Waals surface area contributed by atoms with Crippen LogP contribution in [0.4, 0.5) is 0 Å². The van der Waals surface area contributed by atoms with Crippen LogP contribution < -0.4 is 10.2 Å². The molecule has 0 radical (unpaired) electrons. The van der Waals surface area contributed by atoms with Crippen molar-refractivity contribution in [2.75, 3.05) is 52.4 Å². The Labute approximate surface area is 184 Å². The normalized spacial score (nSPS) is 10.9. The van der Waals surface area contributed by atoms with E-state index in [1.807, 2.05) is 0 Å². The Bertz CT molecular complexity index is 504. The molecule has 0 bridgehead atoms. The molecule has 6 heteroatoms. The van der Waals surface area contributed by atoms with E-state index in [-0.39, 0.29) is 11.1 Å². The first-order valence-corrected chi connectivity index (χ1v) is 11.3. The second-order valence-corrected chi connectivity index (χ2v) is 7.37. The maximum Gasteiger partial charge on any atom is 0.0757 e. The number of rotatable bonds is 10. The van der Waals surface area contributed by atoms with Crippen LogP contribution in [-0.4, -0.2) is 73.3 Å². The molecular weight excluding hydrogens is 380 g/mol. The Balaban J connectivity index is 0. The maximum absolute atomic E-state index is 10.2. The second kappa shape index (κ2) is 15.9. The summed E-state index contributed by atoms with van der Waals surface area (Å²) in [5, 5.41) is 20.4. The Morgan fingerprint density at radius 2 is 0.700 bits per heavy atom. The van der Waals surface area contributed by atoms with Crippen molar-refractivity contribution in [2.24, 2.45) is 0 Å². The fourth-order valence-electron chi connectivity index (χ4n) is 3.43. The molecule has 0 saturated heterocycles. The highest BCUT2D eigenvalue weighted by Gasteiger charge is 2.16. The van der Waals surface area contributed by atoms with Gasteiger partial charge in [0.1, 0.15) is 0 Å². The predicted octanol–water partition coefficient (Wildman–Crippen LogP) is 2.18. The zero-order valence-electron chi connectivity index (χ0n) is 20.5. The van der Waals surface area contributed by atoms with Crippen molar-refractivity contribution in [3.63, 3.8) is 0 Å². The van der Waals surface area contributed by atoms with E-state index in [1.165, 1.54) is 61.3 Å². The van der Waals surface area contributed by atoms with Crippen LogP contribution in [0.1, 0.15) is 76.1 Å². The first-order chi connectivity index (χ1) is 14.1. The van der Waals surface area contributed by atoms with Crippen molar-refractivity contribution in [1.29, 1.82) is 0 Å². The highest BCUT2D eigenvalue weighted by molar-refractivity contribution is 5.89. The summed E-state index contributed by atoms with van der Waals surface area (Å²) in [6, 6.07) is 4.61. The Hall–Kier alpha value is -1.92. The minimum Gasteiger partial charge on any atom is -0.545 e. The van der Waals surface area contributed by atoms with Gasteiger partial charge in [-0.3, -0.25) is 0 Å². The molecule has 0 N–H and O–H groups in total. The van der Waals surface area contributed by atoms with Gasteiger partial charge in [-0.1, -0.05) is 24.3 Å². The van der Waals surface area contributed by atoms with Gasteiger partial charge in [-0.25, -0.2) is 0 Å². The minimum atomic E-state index is -1.33. The van der Waals surface area contributed by atoms with Crippen LogP contribution in [-0.2, 0) is 0 Å². The van der Waals surface area contributed by atoms with Crippen LogP contribution in [0.5, 0.6) is 0 Å². The molecule has 1 rings (SSSR count). The third-order valence-electron chi connectivity index (χ3n) is 6.72. The molecule has 6 nitrogen and oxygen atoms in total. The van der Waals surface area contributed by atoms with Crippen molar-refractivity contribution in [2.45, 2.75) is 55.4 Å². The SMILES string of the molecule is CC[N+](CC)(CC)CC.CC[N+](CC)(CC)CC.O=C([O-])c1ccc(C(=O)[O-])cc1. The van der Waals surface area contributed by atoms with Gasteiger partial charge in [-0.15, -0.1) is 0 Å². The molecule has 0 unspecified atom stereocenters. The quantitative estimate of drug-likeness (QED) is 0.539. The Morgan fingerprint density at radius 3 is 0.767 bits per heavy atom. The van der Waals surface area contributed by atoms with Gasteiger partial charge in [0.05, 0.1) is 64.3 Å². The van der Waals surface area contributed by atoms with Crippen LogP contribution in [0.15, 0.2) is 24.3 Å². The van der Waals surface area contributed by atoms with Crippen molar-refractivity contribution in [3.8, 4) is 0 Å². The predicted molar refractivity (Wildman–Crippen MR) is 120 cm³/mol. The number of carbonyl (C=O) groups excluding carboxylic acids is 2. The molecule has 0 aliphatic heterocycles. The van der Waals surface area contributed by atoms with E-state index in [4.69, 9.17) is 0 Å². The molecule has 0 fully saturated rings. The molecule has 0 aromatic heterocycles. The smallest absolute Gasteiger partial charge is 0.0757 e. The number of hydrogen-bond donors (Lipinski definition) is 0. The first kappa shape index (κ1) is 30.3. The molecule has 0 saturated carbocycles. The number of aromatic carboxylic acids is 2. The largest absolute Gasteiger partial charge is 0.545 e. The van der Waals surface area contributed by atoms with Gasteiger partial charge in [-0.05, 0) is 66.5 Å². The molecule has 0 aliphatic rings. The summed E-state index contributed by atoms with van der Waals surface area (Å²) < 4.78 is 2.56. The summed E-state index contributed by atoms with van der Waals surface area (Å²) in [6.07, 6.45) is 0. The third-order valence-corrected chi connectivity index (χ3v) is 6.72. The van der Waals surface area contributed by atoms with E-state index in [0.29, 0.717) is 0 Å². The van der Waals surface area contributed by atoms with Crippen molar-refractivity contribution < 1.29 is 28.8 Å².